The highest BCUT2D eigenvalue weighted by Gasteiger charge is 2.18. The third-order valence-corrected chi connectivity index (χ3v) is 5.19. The lowest BCUT2D eigenvalue weighted by Crippen LogP contribution is -2.22. The first kappa shape index (κ1) is 9.27. The van der Waals surface area contributed by atoms with Gasteiger partial charge in [-0.3, -0.25) is 0 Å². The standard InChI is InChI=1S/C9H20OSi/c1-3-11(4-2)10-9-7-5-6-8-9/h9,11H,3-8H2,1-2H3. The number of hydrogen-bond donors (Lipinski definition) is 0. The summed E-state index contributed by atoms with van der Waals surface area (Å²) in [6.07, 6.45) is 6.14. The Labute approximate surface area is 71.9 Å². The van der Waals surface area contributed by atoms with Gasteiger partial charge in [-0.15, -0.1) is 0 Å². The van der Waals surface area contributed by atoms with Gasteiger partial charge in [0, 0.05) is 6.10 Å². The van der Waals surface area contributed by atoms with E-state index in [0.29, 0.717) is 6.10 Å². The molecule has 0 saturated heterocycles. The SMILES string of the molecule is CC[SiH](CC)OC1CCCC1. The highest BCUT2D eigenvalue weighted by Crippen LogP contribution is 2.22. The maximum absolute atomic E-state index is 6.05. The van der Waals surface area contributed by atoms with Gasteiger partial charge in [-0.1, -0.05) is 26.7 Å². The van der Waals surface area contributed by atoms with Crippen molar-refractivity contribution in [3.05, 3.63) is 0 Å². The van der Waals surface area contributed by atoms with Crippen molar-refractivity contribution in [1.29, 1.82) is 0 Å². The molecular formula is C9H20OSi. The molecule has 0 spiro atoms. The van der Waals surface area contributed by atoms with Crippen LogP contribution in [0, 0.1) is 0 Å². The van der Waals surface area contributed by atoms with E-state index in [-0.39, 0.29) is 0 Å². The van der Waals surface area contributed by atoms with Crippen LogP contribution in [0.1, 0.15) is 39.5 Å². The Hall–Kier alpha value is 0.177. The second-order valence-corrected chi connectivity index (χ2v) is 6.63. The van der Waals surface area contributed by atoms with E-state index in [9.17, 15) is 0 Å². The summed E-state index contributed by atoms with van der Waals surface area (Å²) < 4.78 is 6.05. The first-order chi connectivity index (χ1) is 5.36. The molecule has 0 heterocycles. The molecule has 2 heteroatoms. The summed E-state index contributed by atoms with van der Waals surface area (Å²) in [5.41, 5.74) is 0. The summed E-state index contributed by atoms with van der Waals surface area (Å²) in [6.45, 7) is 4.55. The molecule has 0 aromatic carbocycles. The molecule has 0 bridgehead atoms. The zero-order valence-electron chi connectivity index (χ0n) is 7.81. The minimum absolute atomic E-state index is 0.659. The molecule has 1 fully saturated rings. The maximum Gasteiger partial charge on any atom is 0.176 e. The molecule has 0 aliphatic heterocycles. The van der Waals surface area contributed by atoms with Gasteiger partial charge in [0.15, 0.2) is 9.04 Å². The van der Waals surface area contributed by atoms with E-state index in [1.165, 1.54) is 37.8 Å². The fourth-order valence-corrected chi connectivity index (χ4v) is 3.56. The van der Waals surface area contributed by atoms with E-state index in [4.69, 9.17) is 4.43 Å². The van der Waals surface area contributed by atoms with Crippen LogP contribution in [0.25, 0.3) is 0 Å². The molecule has 1 rings (SSSR count). The van der Waals surface area contributed by atoms with Crippen molar-refractivity contribution in [2.24, 2.45) is 0 Å². The summed E-state index contributed by atoms with van der Waals surface area (Å²) in [6, 6.07) is 2.62. The largest absolute Gasteiger partial charge is 0.417 e. The van der Waals surface area contributed by atoms with Gasteiger partial charge in [0.05, 0.1) is 0 Å². The van der Waals surface area contributed by atoms with Crippen molar-refractivity contribution in [2.45, 2.75) is 57.7 Å². The van der Waals surface area contributed by atoms with E-state index < -0.39 is 9.04 Å². The van der Waals surface area contributed by atoms with Gasteiger partial charge < -0.3 is 4.43 Å². The van der Waals surface area contributed by atoms with Gasteiger partial charge in [-0.25, -0.2) is 0 Å². The third kappa shape index (κ3) is 2.95. The van der Waals surface area contributed by atoms with Crippen molar-refractivity contribution in [3.63, 3.8) is 0 Å². The van der Waals surface area contributed by atoms with Crippen LogP contribution in [0.15, 0.2) is 0 Å². The summed E-state index contributed by atoms with van der Waals surface area (Å²) in [4.78, 5) is 0. The van der Waals surface area contributed by atoms with Gasteiger partial charge in [-0.2, -0.15) is 0 Å². The topological polar surface area (TPSA) is 9.23 Å². The lowest BCUT2D eigenvalue weighted by molar-refractivity contribution is 0.209. The Morgan fingerprint density at radius 2 is 1.73 bits per heavy atom. The molecule has 0 atom stereocenters. The molecular weight excluding hydrogens is 152 g/mol. The van der Waals surface area contributed by atoms with Crippen LogP contribution in [0.3, 0.4) is 0 Å². The molecule has 0 unspecified atom stereocenters. The normalized spacial score (nSPS) is 19.9. The molecule has 0 aromatic rings. The lowest BCUT2D eigenvalue weighted by atomic mass is 10.3. The number of rotatable bonds is 4. The van der Waals surface area contributed by atoms with Crippen molar-refractivity contribution in [2.75, 3.05) is 0 Å². The Balaban J connectivity index is 2.16. The van der Waals surface area contributed by atoms with Gasteiger partial charge in [0.25, 0.3) is 0 Å². The zero-order valence-corrected chi connectivity index (χ0v) is 8.96. The molecule has 66 valence electrons. The van der Waals surface area contributed by atoms with Crippen molar-refractivity contribution < 1.29 is 4.43 Å². The Bertz CT molecular complexity index is 95.7. The molecule has 0 amide bonds. The van der Waals surface area contributed by atoms with Gasteiger partial charge >= 0.3 is 0 Å². The quantitative estimate of drug-likeness (QED) is 0.592. The fourth-order valence-electron chi connectivity index (χ4n) is 1.78. The van der Waals surface area contributed by atoms with E-state index >= 15 is 0 Å². The van der Waals surface area contributed by atoms with Crippen LogP contribution < -0.4 is 0 Å². The monoisotopic (exact) mass is 172 g/mol. The third-order valence-electron chi connectivity index (χ3n) is 2.60. The maximum atomic E-state index is 6.05. The van der Waals surface area contributed by atoms with Gasteiger partial charge in [0.2, 0.25) is 0 Å². The van der Waals surface area contributed by atoms with Crippen LogP contribution in [-0.2, 0) is 4.43 Å². The Morgan fingerprint density at radius 1 is 1.18 bits per heavy atom. The highest BCUT2D eigenvalue weighted by molar-refractivity contribution is 6.51. The molecule has 11 heavy (non-hydrogen) atoms. The van der Waals surface area contributed by atoms with E-state index in [1.54, 1.807) is 0 Å². The van der Waals surface area contributed by atoms with Gasteiger partial charge in [0.1, 0.15) is 0 Å². The molecule has 0 aromatic heterocycles. The Morgan fingerprint density at radius 3 is 2.18 bits per heavy atom. The number of hydrogen-bond acceptors (Lipinski definition) is 1. The highest BCUT2D eigenvalue weighted by atomic mass is 28.3. The predicted molar refractivity (Wildman–Crippen MR) is 51.5 cm³/mol. The van der Waals surface area contributed by atoms with Crippen LogP contribution in [0.4, 0.5) is 0 Å². The minimum Gasteiger partial charge on any atom is -0.417 e. The first-order valence-corrected chi connectivity index (χ1v) is 7.12. The average molecular weight is 172 g/mol. The van der Waals surface area contributed by atoms with E-state index in [0.717, 1.165) is 0 Å². The second-order valence-electron chi connectivity index (χ2n) is 3.48. The van der Waals surface area contributed by atoms with Crippen LogP contribution in [0.5, 0.6) is 0 Å². The van der Waals surface area contributed by atoms with Crippen molar-refractivity contribution in [1.82, 2.24) is 0 Å². The van der Waals surface area contributed by atoms with Crippen LogP contribution >= 0.6 is 0 Å². The molecule has 0 radical (unpaired) electrons. The molecule has 1 aliphatic rings. The van der Waals surface area contributed by atoms with Crippen LogP contribution in [-0.4, -0.2) is 15.1 Å². The summed E-state index contributed by atoms with van der Waals surface area (Å²) in [5, 5.41) is 0. The van der Waals surface area contributed by atoms with Gasteiger partial charge in [-0.05, 0) is 24.9 Å². The summed E-state index contributed by atoms with van der Waals surface area (Å²) >= 11 is 0. The zero-order chi connectivity index (χ0) is 8.10. The van der Waals surface area contributed by atoms with Crippen molar-refractivity contribution in [3.8, 4) is 0 Å². The lowest BCUT2D eigenvalue weighted by Gasteiger charge is -2.17. The second kappa shape index (κ2) is 4.94. The summed E-state index contributed by atoms with van der Waals surface area (Å²) in [7, 11) is -0.745. The average Bonchev–Trinajstić information content (AvgIpc) is 2.52. The molecule has 1 nitrogen and oxygen atoms in total. The van der Waals surface area contributed by atoms with E-state index in [2.05, 4.69) is 13.8 Å². The summed E-state index contributed by atoms with van der Waals surface area (Å²) in [5.74, 6) is 0. The fraction of sp³-hybridized carbons (Fsp3) is 1.00. The molecule has 1 aliphatic carbocycles. The van der Waals surface area contributed by atoms with E-state index in [1.807, 2.05) is 0 Å². The smallest absolute Gasteiger partial charge is 0.176 e. The van der Waals surface area contributed by atoms with Crippen LogP contribution in [0.2, 0.25) is 12.1 Å². The molecule has 0 N–H and O–H groups in total. The molecule has 1 saturated carbocycles. The Kier molecular flexibility index (Phi) is 4.16. The minimum atomic E-state index is -0.745. The first-order valence-electron chi connectivity index (χ1n) is 5.02. The van der Waals surface area contributed by atoms with Crippen molar-refractivity contribution >= 4 is 9.04 Å². The predicted octanol–water partition coefficient (Wildman–Crippen LogP) is 2.71.